The molecule has 2 aromatic heterocycles. The molecule has 1 fully saturated rings. The first kappa shape index (κ1) is 15.0. The lowest BCUT2D eigenvalue weighted by molar-refractivity contribution is -0.125. The van der Waals surface area contributed by atoms with Gasteiger partial charge in [-0.3, -0.25) is 4.79 Å². The fourth-order valence-corrected chi connectivity index (χ4v) is 3.65. The normalized spacial score (nSPS) is 14.6. The highest BCUT2D eigenvalue weighted by molar-refractivity contribution is 7.22. The first-order chi connectivity index (χ1) is 11.7. The molecule has 1 amide bonds. The molecule has 0 bridgehead atoms. The number of thiazole rings is 1. The topological polar surface area (TPSA) is 67.6 Å². The minimum absolute atomic E-state index is 0.00140. The molecule has 1 saturated heterocycles. The summed E-state index contributed by atoms with van der Waals surface area (Å²) in [7, 11) is 1.65. The Morgan fingerprint density at radius 3 is 3.08 bits per heavy atom. The Hall–Kier alpha value is -2.54. The molecule has 124 valence electrons. The Bertz CT molecular complexity index is 853. The van der Waals surface area contributed by atoms with E-state index in [9.17, 15) is 4.79 Å². The predicted octanol–water partition coefficient (Wildman–Crippen LogP) is 2.65. The first-order valence-electron chi connectivity index (χ1n) is 7.72. The number of methoxy groups -OCH3 is 1. The summed E-state index contributed by atoms with van der Waals surface area (Å²) < 4.78 is 11.6. The van der Waals surface area contributed by atoms with E-state index in [1.165, 1.54) is 0 Å². The number of ether oxygens (including phenoxy) is 1. The van der Waals surface area contributed by atoms with Crippen molar-refractivity contribution in [1.82, 2.24) is 10.3 Å². The van der Waals surface area contributed by atoms with Crippen molar-refractivity contribution in [3.8, 4) is 5.75 Å². The number of fused-ring (bicyclic) bond motifs is 1. The van der Waals surface area contributed by atoms with Crippen molar-refractivity contribution in [3.05, 3.63) is 42.4 Å². The summed E-state index contributed by atoms with van der Waals surface area (Å²) in [6.07, 6.45) is 1.61. The van der Waals surface area contributed by atoms with Gasteiger partial charge >= 0.3 is 0 Å². The van der Waals surface area contributed by atoms with Crippen LogP contribution in [0.15, 0.2) is 41.0 Å². The summed E-state index contributed by atoms with van der Waals surface area (Å²) in [6.45, 7) is 1.82. The molecule has 1 aromatic carbocycles. The average molecular weight is 343 g/mol. The lowest BCUT2D eigenvalue weighted by atomic mass is 10.0. The molecule has 3 heterocycles. The van der Waals surface area contributed by atoms with E-state index in [0.717, 1.165) is 26.9 Å². The number of aromatic nitrogens is 1. The number of carbonyl (C=O) groups is 1. The number of amides is 1. The van der Waals surface area contributed by atoms with Gasteiger partial charge in [-0.2, -0.15) is 0 Å². The molecule has 0 aliphatic carbocycles. The first-order valence-corrected chi connectivity index (χ1v) is 8.54. The van der Waals surface area contributed by atoms with Crippen LogP contribution in [0.4, 0.5) is 5.13 Å². The molecule has 1 aliphatic rings. The molecule has 4 rings (SSSR count). The highest BCUT2D eigenvalue weighted by Crippen LogP contribution is 2.34. The summed E-state index contributed by atoms with van der Waals surface area (Å²) in [5, 5.41) is 3.86. The van der Waals surface area contributed by atoms with E-state index in [2.05, 4.69) is 15.2 Å². The number of hydrogen-bond donors (Lipinski definition) is 1. The number of rotatable bonds is 5. The summed E-state index contributed by atoms with van der Waals surface area (Å²) in [4.78, 5) is 18.9. The van der Waals surface area contributed by atoms with Crippen molar-refractivity contribution in [1.29, 1.82) is 0 Å². The molecule has 24 heavy (non-hydrogen) atoms. The lowest BCUT2D eigenvalue weighted by Crippen LogP contribution is -2.53. The van der Waals surface area contributed by atoms with Crippen LogP contribution in [0.2, 0.25) is 0 Å². The average Bonchev–Trinajstić information content (AvgIpc) is 3.20. The zero-order valence-corrected chi connectivity index (χ0v) is 14.0. The van der Waals surface area contributed by atoms with Crippen molar-refractivity contribution in [2.45, 2.75) is 6.54 Å². The molecule has 0 atom stereocenters. The highest BCUT2D eigenvalue weighted by atomic mass is 32.1. The second-order valence-electron chi connectivity index (χ2n) is 5.73. The Kier molecular flexibility index (Phi) is 3.86. The maximum atomic E-state index is 12.1. The second-order valence-corrected chi connectivity index (χ2v) is 6.74. The highest BCUT2D eigenvalue weighted by Gasteiger charge is 2.34. The number of nitrogens with zero attached hydrogens (tertiary/aromatic N) is 2. The van der Waals surface area contributed by atoms with E-state index in [-0.39, 0.29) is 11.8 Å². The number of hydrogen-bond acceptors (Lipinski definition) is 6. The Balaban J connectivity index is 1.35. The predicted molar refractivity (Wildman–Crippen MR) is 92.4 cm³/mol. The summed E-state index contributed by atoms with van der Waals surface area (Å²) in [5.41, 5.74) is 0.931. The monoisotopic (exact) mass is 343 g/mol. The zero-order chi connectivity index (χ0) is 16.5. The minimum atomic E-state index is 0.00140. The van der Waals surface area contributed by atoms with Crippen LogP contribution in [-0.2, 0) is 11.3 Å². The van der Waals surface area contributed by atoms with Gasteiger partial charge in [-0.05, 0) is 24.3 Å². The molecular formula is C17H17N3O3S. The van der Waals surface area contributed by atoms with Crippen molar-refractivity contribution in [3.63, 3.8) is 0 Å². The van der Waals surface area contributed by atoms with Gasteiger partial charge in [0.25, 0.3) is 0 Å². The van der Waals surface area contributed by atoms with Crippen LogP contribution in [0.25, 0.3) is 10.2 Å². The van der Waals surface area contributed by atoms with Gasteiger partial charge in [-0.1, -0.05) is 11.3 Å². The van der Waals surface area contributed by atoms with Gasteiger partial charge < -0.3 is 19.4 Å². The molecule has 1 aliphatic heterocycles. The Morgan fingerprint density at radius 2 is 2.33 bits per heavy atom. The summed E-state index contributed by atoms with van der Waals surface area (Å²) in [6, 6.07) is 9.55. The van der Waals surface area contributed by atoms with E-state index in [4.69, 9.17) is 9.15 Å². The molecule has 0 radical (unpaired) electrons. The fraction of sp³-hybridized carbons (Fsp3) is 0.294. The Morgan fingerprint density at radius 1 is 1.46 bits per heavy atom. The molecule has 7 heteroatoms. The maximum absolute atomic E-state index is 12.1. The van der Waals surface area contributed by atoms with Crippen molar-refractivity contribution < 1.29 is 13.9 Å². The largest absolute Gasteiger partial charge is 0.497 e. The van der Waals surface area contributed by atoms with E-state index in [0.29, 0.717) is 19.6 Å². The molecule has 0 unspecified atom stereocenters. The van der Waals surface area contributed by atoms with E-state index in [1.807, 2.05) is 30.3 Å². The van der Waals surface area contributed by atoms with Gasteiger partial charge in [0, 0.05) is 19.2 Å². The van der Waals surface area contributed by atoms with Crippen LogP contribution in [-0.4, -0.2) is 31.1 Å². The number of anilines is 1. The number of benzene rings is 1. The van der Waals surface area contributed by atoms with E-state index < -0.39 is 0 Å². The van der Waals surface area contributed by atoms with Crippen LogP contribution in [0.1, 0.15) is 5.76 Å². The lowest BCUT2D eigenvalue weighted by Gasteiger charge is -2.37. The van der Waals surface area contributed by atoms with Crippen molar-refractivity contribution in [2.24, 2.45) is 5.92 Å². The van der Waals surface area contributed by atoms with Crippen molar-refractivity contribution in [2.75, 3.05) is 25.1 Å². The van der Waals surface area contributed by atoms with Crippen LogP contribution in [0.5, 0.6) is 5.75 Å². The van der Waals surface area contributed by atoms with Gasteiger partial charge in [-0.25, -0.2) is 4.98 Å². The van der Waals surface area contributed by atoms with Crippen molar-refractivity contribution >= 4 is 32.6 Å². The molecule has 3 aromatic rings. The molecular weight excluding hydrogens is 326 g/mol. The molecule has 0 saturated carbocycles. The van der Waals surface area contributed by atoms with Gasteiger partial charge in [0.2, 0.25) is 5.91 Å². The zero-order valence-electron chi connectivity index (χ0n) is 13.2. The second kappa shape index (κ2) is 6.16. The van der Waals surface area contributed by atoms with Crippen LogP contribution in [0, 0.1) is 5.92 Å². The standard InChI is InChI=1S/C17H17N3O3S/c1-22-12-4-5-15-14(7-12)19-17(24-15)20-9-11(10-20)16(21)18-8-13-3-2-6-23-13/h2-7,11H,8-10H2,1H3,(H,18,21). The Labute approximate surface area is 143 Å². The molecule has 6 nitrogen and oxygen atoms in total. The number of carbonyl (C=O) groups excluding carboxylic acids is 1. The third-order valence-electron chi connectivity index (χ3n) is 4.12. The van der Waals surface area contributed by atoms with Crippen LogP contribution >= 0.6 is 11.3 Å². The quantitative estimate of drug-likeness (QED) is 0.771. The fourth-order valence-electron chi connectivity index (χ4n) is 2.69. The molecule has 0 spiro atoms. The smallest absolute Gasteiger partial charge is 0.227 e. The van der Waals surface area contributed by atoms with Gasteiger partial charge in [-0.15, -0.1) is 0 Å². The number of nitrogens with one attached hydrogen (secondary N) is 1. The van der Waals surface area contributed by atoms with Gasteiger partial charge in [0.15, 0.2) is 5.13 Å². The van der Waals surface area contributed by atoms with Crippen LogP contribution < -0.4 is 15.0 Å². The third-order valence-corrected chi connectivity index (χ3v) is 5.22. The third kappa shape index (κ3) is 2.82. The molecule has 1 N–H and O–H groups in total. The summed E-state index contributed by atoms with van der Waals surface area (Å²) >= 11 is 1.64. The van der Waals surface area contributed by atoms with E-state index >= 15 is 0 Å². The van der Waals surface area contributed by atoms with Gasteiger partial charge in [0.05, 0.1) is 36.1 Å². The number of furan rings is 1. The summed E-state index contributed by atoms with van der Waals surface area (Å²) in [5.74, 6) is 1.63. The van der Waals surface area contributed by atoms with Crippen LogP contribution in [0.3, 0.4) is 0 Å². The minimum Gasteiger partial charge on any atom is -0.497 e. The van der Waals surface area contributed by atoms with E-state index in [1.54, 1.807) is 24.7 Å². The van der Waals surface area contributed by atoms with Gasteiger partial charge in [0.1, 0.15) is 11.5 Å². The SMILES string of the molecule is COc1ccc2sc(N3CC(C(=O)NCc4ccco4)C3)nc2c1. The maximum Gasteiger partial charge on any atom is 0.227 e.